The molecule has 0 aliphatic carbocycles. The second kappa shape index (κ2) is 8.05. The molecule has 0 saturated heterocycles. The number of hydrogen-bond donors (Lipinski definition) is 1. The molecule has 3 aromatic heterocycles. The van der Waals surface area contributed by atoms with Crippen LogP contribution >= 0.6 is 15.9 Å². The van der Waals surface area contributed by atoms with E-state index < -0.39 is 0 Å². The number of hydrogen-bond acceptors (Lipinski definition) is 5. The highest BCUT2D eigenvalue weighted by atomic mass is 79.9. The average molecular weight is 418 g/mol. The third-order valence-electron chi connectivity index (χ3n) is 3.96. The van der Waals surface area contributed by atoms with Crippen LogP contribution in [0, 0.1) is 0 Å². The normalized spacial score (nSPS) is 10.6. The van der Waals surface area contributed by atoms with Crippen molar-refractivity contribution < 1.29 is 0 Å². The van der Waals surface area contributed by atoms with Gasteiger partial charge >= 0.3 is 0 Å². The molecular weight excluding hydrogens is 402 g/mol. The van der Waals surface area contributed by atoms with E-state index >= 15 is 0 Å². The maximum Gasteiger partial charge on any atom is 0.162 e. The van der Waals surface area contributed by atoms with Gasteiger partial charge in [0, 0.05) is 53.0 Å². The molecule has 0 atom stereocenters. The Balaban J connectivity index is 1.72. The Morgan fingerprint density at radius 2 is 1.70 bits per heavy atom. The van der Waals surface area contributed by atoms with E-state index in [0.29, 0.717) is 12.4 Å². The minimum atomic E-state index is 0.634. The van der Waals surface area contributed by atoms with Crippen molar-refractivity contribution in [3.63, 3.8) is 0 Å². The summed E-state index contributed by atoms with van der Waals surface area (Å²) >= 11 is 3.47. The standard InChI is InChI=1S/C21H16BrN5/c22-18-9-17(13-24-14-18)19-10-20(25-12-15-5-4-8-23-11-15)27-21(26-19)16-6-2-1-3-7-16/h1-11,13-14H,12H2,(H,25,26,27). The Labute approximate surface area is 165 Å². The zero-order valence-electron chi connectivity index (χ0n) is 14.4. The van der Waals surface area contributed by atoms with Crippen LogP contribution in [0.3, 0.4) is 0 Å². The van der Waals surface area contributed by atoms with E-state index in [1.54, 1.807) is 18.6 Å². The first-order chi connectivity index (χ1) is 13.3. The summed E-state index contributed by atoms with van der Waals surface area (Å²) in [6, 6.07) is 17.8. The molecule has 0 spiro atoms. The number of rotatable bonds is 5. The zero-order valence-corrected chi connectivity index (χ0v) is 16.0. The number of benzene rings is 1. The maximum atomic E-state index is 4.75. The van der Waals surface area contributed by atoms with Crippen molar-refractivity contribution in [1.29, 1.82) is 0 Å². The fourth-order valence-electron chi connectivity index (χ4n) is 2.65. The van der Waals surface area contributed by atoms with E-state index in [4.69, 9.17) is 9.97 Å². The third kappa shape index (κ3) is 4.35. The SMILES string of the molecule is Brc1cncc(-c2cc(NCc3cccnc3)nc(-c3ccccc3)n2)c1. The van der Waals surface area contributed by atoms with E-state index in [1.165, 1.54) is 0 Å². The summed E-state index contributed by atoms with van der Waals surface area (Å²) in [6.45, 7) is 0.634. The smallest absolute Gasteiger partial charge is 0.162 e. The number of nitrogens with one attached hydrogen (secondary N) is 1. The van der Waals surface area contributed by atoms with Crippen molar-refractivity contribution in [1.82, 2.24) is 19.9 Å². The summed E-state index contributed by atoms with van der Waals surface area (Å²) in [7, 11) is 0. The Morgan fingerprint density at radius 3 is 2.48 bits per heavy atom. The molecule has 0 aliphatic heterocycles. The Bertz CT molecular complexity index is 1040. The van der Waals surface area contributed by atoms with E-state index in [0.717, 1.165) is 32.7 Å². The van der Waals surface area contributed by atoms with Crippen LogP contribution < -0.4 is 5.32 Å². The number of halogens is 1. The molecule has 0 aliphatic rings. The van der Waals surface area contributed by atoms with Gasteiger partial charge in [0.05, 0.1) is 5.69 Å². The summed E-state index contributed by atoms with van der Waals surface area (Å²) in [5.74, 6) is 1.42. The predicted molar refractivity (Wildman–Crippen MR) is 110 cm³/mol. The van der Waals surface area contributed by atoms with E-state index in [-0.39, 0.29) is 0 Å². The van der Waals surface area contributed by atoms with Crippen LogP contribution in [0.2, 0.25) is 0 Å². The largest absolute Gasteiger partial charge is 0.366 e. The van der Waals surface area contributed by atoms with Crippen LogP contribution in [0.15, 0.2) is 83.9 Å². The topological polar surface area (TPSA) is 63.6 Å². The van der Waals surface area contributed by atoms with Crippen molar-refractivity contribution in [3.05, 3.63) is 89.4 Å². The van der Waals surface area contributed by atoms with Crippen LogP contribution in [0.4, 0.5) is 5.82 Å². The molecule has 1 N–H and O–H groups in total. The number of anilines is 1. The Kier molecular flexibility index (Phi) is 5.16. The first-order valence-electron chi connectivity index (χ1n) is 8.46. The molecule has 3 heterocycles. The van der Waals surface area contributed by atoms with Gasteiger partial charge in [0.2, 0.25) is 0 Å². The van der Waals surface area contributed by atoms with E-state index in [9.17, 15) is 0 Å². The fraction of sp³-hybridized carbons (Fsp3) is 0.0476. The van der Waals surface area contributed by atoms with Crippen LogP contribution in [0.1, 0.15) is 5.56 Å². The second-order valence-electron chi connectivity index (χ2n) is 5.93. The van der Waals surface area contributed by atoms with Crippen molar-refractivity contribution in [2.75, 3.05) is 5.32 Å². The summed E-state index contributed by atoms with van der Waals surface area (Å²) in [5.41, 5.74) is 3.79. The van der Waals surface area contributed by atoms with Gasteiger partial charge in [0.1, 0.15) is 5.82 Å². The van der Waals surface area contributed by atoms with E-state index in [1.807, 2.05) is 60.8 Å². The molecular formula is C21H16BrN5. The minimum Gasteiger partial charge on any atom is -0.366 e. The number of nitrogens with zero attached hydrogens (tertiary/aromatic N) is 4. The molecule has 6 heteroatoms. The molecule has 132 valence electrons. The van der Waals surface area contributed by atoms with Gasteiger partial charge in [0.15, 0.2) is 5.82 Å². The molecule has 27 heavy (non-hydrogen) atoms. The first kappa shape index (κ1) is 17.3. The Hall–Kier alpha value is -3.12. The molecule has 5 nitrogen and oxygen atoms in total. The third-order valence-corrected chi connectivity index (χ3v) is 4.39. The summed E-state index contributed by atoms with van der Waals surface area (Å²) < 4.78 is 0.907. The van der Waals surface area contributed by atoms with Gasteiger partial charge in [-0.2, -0.15) is 0 Å². The zero-order chi connectivity index (χ0) is 18.5. The lowest BCUT2D eigenvalue weighted by atomic mass is 10.1. The summed E-state index contributed by atoms with van der Waals surface area (Å²) in [5, 5.41) is 3.37. The summed E-state index contributed by atoms with van der Waals surface area (Å²) in [6.07, 6.45) is 7.16. The lowest BCUT2D eigenvalue weighted by Crippen LogP contribution is -2.04. The van der Waals surface area contributed by atoms with Crippen LogP contribution in [-0.4, -0.2) is 19.9 Å². The molecule has 1 aromatic carbocycles. The van der Waals surface area contributed by atoms with Gasteiger partial charge in [-0.25, -0.2) is 9.97 Å². The van der Waals surface area contributed by atoms with Crippen molar-refractivity contribution in [3.8, 4) is 22.6 Å². The van der Waals surface area contributed by atoms with Gasteiger partial charge in [0.25, 0.3) is 0 Å². The van der Waals surface area contributed by atoms with Gasteiger partial charge < -0.3 is 5.32 Å². The highest BCUT2D eigenvalue weighted by Crippen LogP contribution is 2.25. The van der Waals surface area contributed by atoms with Gasteiger partial charge in [-0.05, 0) is 33.6 Å². The van der Waals surface area contributed by atoms with Crippen LogP contribution in [0.5, 0.6) is 0 Å². The molecule has 0 fully saturated rings. The monoisotopic (exact) mass is 417 g/mol. The van der Waals surface area contributed by atoms with Crippen molar-refractivity contribution in [2.45, 2.75) is 6.54 Å². The highest BCUT2D eigenvalue weighted by Gasteiger charge is 2.09. The molecule has 0 saturated carbocycles. The van der Waals surface area contributed by atoms with Crippen LogP contribution in [-0.2, 0) is 6.54 Å². The van der Waals surface area contributed by atoms with Gasteiger partial charge in [-0.15, -0.1) is 0 Å². The predicted octanol–water partition coefficient (Wildman–Crippen LogP) is 4.98. The molecule has 0 bridgehead atoms. The van der Waals surface area contributed by atoms with Gasteiger partial charge in [-0.3, -0.25) is 9.97 Å². The van der Waals surface area contributed by atoms with Crippen molar-refractivity contribution >= 4 is 21.7 Å². The van der Waals surface area contributed by atoms with Crippen molar-refractivity contribution in [2.24, 2.45) is 0 Å². The highest BCUT2D eigenvalue weighted by molar-refractivity contribution is 9.10. The van der Waals surface area contributed by atoms with Crippen LogP contribution in [0.25, 0.3) is 22.6 Å². The second-order valence-corrected chi connectivity index (χ2v) is 6.85. The van der Waals surface area contributed by atoms with Gasteiger partial charge in [-0.1, -0.05) is 36.4 Å². The fourth-order valence-corrected chi connectivity index (χ4v) is 3.01. The molecule has 0 unspecified atom stereocenters. The molecule has 4 aromatic rings. The lowest BCUT2D eigenvalue weighted by molar-refractivity contribution is 1.07. The first-order valence-corrected chi connectivity index (χ1v) is 9.25. The summed E-state index contributed by atoms with van der Waals surface area (Å²) in [4.78, 5) is 17.8. The maximum absolute atomic E-state index is 4.75. The molecule has 0 radical (unpaired) electrons. The lowest BCUT2D eigenvalue weighted by Gasteiger charge is -2.10. The average Bonchev–Trinajstić information content (AvgIpc) is 2.73. The number of pyridine rings is 2. The molecule has 4 rings (SSSR count). The Morgan fingerprint density at radius 1 is 0.815 bits per heavy atom. The van der Waals surface area contributed by atoms with E-state index in [2.05, 4.69) is 31.2 Å². The number of aromatic nitrogens is 4. The quantitative estimate of drug-likeness (QED) is 0.496. The molecule has 0 amide bonds. The minimum absolute atomic E-state index is 0.634.